The highest BCUT2D eigenvalue weighted by atomic mass is 16.3. The first-order valence-corrected chi connectivity index (χ1v) is 19.9. The number of nitrogens with zero attached hydrogens (tertiary/aromatic N) is 3. The smallest absolute Gasteiger partial charge is 0.145 e. The zero-order valence-electron chi connectivity index (χ0n) is 31.3. The molecular formula is C54H33N3O. The monoisotopic (exact) mass is 739 g/mol. The van der Waals surface area contributed by atoms with Crippen LogP contribution in [0.25, 0.3) is 116 Å². The van der Waals surface area contributed by atoms with Crippen LogP contribution in [0.15, 0.2) is 205 Å². The zero-order chi connectivity index (χ0) is 37.9. The van der Waals surface area contributed by atoms with Gasteiger partial charge in [0.05, 0.1) is 43.9 Å². The Morgan fingerprint density at radius 3 is 1.24 bits per heavy atom. The standard InChI is InChI=1S/C54H33N3O/c1-2-14-36(15-3-1)55-47-23-10-6-19-43(47)51-49(55)31-29-41-42-30-32-50-52(54(42)58-53(41)51)44-20-7-11-24-48(44)56(50)37-27-25-34(26-28-37)35-13-12-16-38(33-35)57-45-21-8-4-17-39(45)40-18-5-9-22-46(40)57/h1-33H. The molecule has 4 heteroatoms. The number of fused-ring (bicyclic) bond motifs is 14. The van der Waals surface area contributed by atoms with Crippen molar-refractivity contribution >= 4 is 87.4 Å². The van der Waals surface area contributed by atoms with Crippen molar-refractivity contribution in [1.82, 2.24) is 13.7 Å². The second-order valence-electron chi connectivity index (χ2n) is 15.3. The van der Waals surface area contributed by atoms with E-state index in [0.717, 1.165) is 66.3 Å². The molecule has 0 aliphatic heterocycles. The van der Waals surface area contributed by atoms with Crippen molar-refractivity contribution in [3.63, 3.8) is 0 Å². The lowest BCUT2D eigenvalue weighted by molar-refractivity contribution is 0.677. The number of hydrogen-bond acceptors (Lipinski definition) is 1. The van der Waals surface area contributed by atoms with E-state index in [4.69, 9.17) is 4.42 Å². The van der Waals surface area contributed by atoms with Crippen molar-refractivity contribution in [3.8, 4) is 28.2 Å². The lowest BCUT2D eigenvalue weighted by Crippen LogP contribution is -1.95. The van der Waals surface area contributed by atoms with Gasteiger partial charge in [0.15, 0.2) is 0 Å². The van der Waals surface area contributed by atoms with E-state index in [1.165, 1.54) is 49.2 Å². The van der Waals surface area contributed by atoms with Crippen LogP contribution in [0.1, 0.15) is 0 Å². The summed E-state index contributed by atoms with van der Waals surface area (Å²) in [5, 5.41) is 9.42. The van der Waals surface area contributed by atoms with Crippen LogP contribution in [0.4, 0.5) is 0 Å². The number of furan rings is 1. The fraction of sp³-hybridized carbons (Fsp3) is 0. The van der Waals surface area contributed by atoms with Gasteiger partial charge in [0, 0.05) is 49.4 Å². The Bertz CT molecular complexity index is 3730. The van der Waals surface area contributed by atoms with Gasteiger partial charge in [-0.1, -0.05) is 115 Å². The maximum Gasteiger partial charge on any atom is 0.145 e. The van der Waals surface area contributed by atoms with E-state index in [9.17, 15) is 0 Å². The van der Waals surface area contributed by atoms with Crippen molar-refractivity contribution in [2.45, 2.75) is 0 Å². The van der Waals surface area contributed by atoms with Gasteiger partial charge in [0.25, 0.3) is 0 Å². The Balaban J connectivity index is 0.974. The third kappa shape index (κ3) is 4.29. The second-order valence-corrected chi connectivity index (χ2v) is 15.3. The van der Waals surface area contributed by atoms with Gasteiger partial charge in [-0.3, -0.25) is 0 Å². The number of rotatable bonds is 4. The summed E-state index contributed by atoms with van der Waals surface area (Å²) in [6, 6.07) is 72.2. The third-order valence-electron chi connectivity index (χ3n) is 12.2. The maximum atomic E-state index is 7.14. The molecule has 9 aromatic carbocycles. The molecule has 0 spiro atoms. The predicted molar refractivity (Wildman–Crippen MR) is 242 cm³/mol. The summed E-state index contributed by atoms with van der Waals surface area (Å²) in [6.07, 6.45) is 0. The van der Waals surface area contributed by atoms with Crippen LogP contribution in [-0.4, -0.2) is 13.7 Å². The molecule has 0 amide bonds. The number of benzene rings is 9. The van der Waals surface area contributed by atoms with E-state index in [0.29, 0.717) is 0 Å². The summed E-state index contributed by atoms with van der Waals surface area (Å²) in [4.78, 5) is 0. The number of aromatic nitrogens is 3. The molecule has 13 aromatic rings. The van der Waals surface area contributed by atoms with Gasteiger partial charge in [-0.05, 0) is 96.1 Å². The van der Waals surface area contributed by atoms with Crippen LogP contribution in [0, 0.1) is 0 Å². The molecule has 0 unspecified atom stereocenters. The largest absolute Gasteiger partial charge is 0.455 e. The average Bonchev–Trinajstić information content (AvgIpc) is 4.03. The van der Waals surface area contributed by atoms with Crippen molar-refractivity contribution in [1.29, 1.82) is 0 Å². The molecule has 0 saturated heterocycles. The number of para-hydroxylation sites is 5. The molecule has 4 aromatic heterocycles. The predicted octanol–water partition coefficient (Wildman–Crippen LogP) is 14.5. The molecule has 0 radical (unpaired) electrons. The lowest BCUT2D eigenvalue weighted by Gasteiger charge is -2.12. The molecule has 0 atom stereocenters. The molecule has 0 saturated carbocycles. The molecule has 4 heterocycles. The summed E-state index contributed by atoms with van der Waals surface area (Å²) >= 11 is 0. The van der Waals surface area contributed by atoms with Crippen molar-refractivity contribution in [2.75, 3.05) is 0 Å². The Hall–Kier alpha value is -7.82. The Labute approximate surface area is 332 Å². The van der Waals surface area contributed by atoms with Gasteiger partial charge in [0.2, 0.25) is 0 Å². The summed E-state index contributed by atoms with van der Waals surface area (Å²) in [7, 11) is 0. The van der Waals surface area contributed by atoms with E-state index in [-0.39, 0.29) is 0 Å². The Kier molecular flexibility index (Phi) is 6.41. The molecule has 4 nitrogen and oxygen atoms in total. The summed E-state index contributed by atoms with van der Waals surface area (Å²) < 4.78 is 14.2. The van der Waals surface area contributed by atoms with Gasteiger partial charge >= 0.3 is 0 Å². The Morgan fingerprint density at radius 1 is 0.259 bits per heavy atom. The summed E-state index contributed by atoms with van der Waals surface area (Å²) in [6.45, 7) is 0. The first kappa shape index (κ1) is 31.4. The van der Waals surface area contributed by atoms with Gasteiger partial charge in [-0.2, -0.15) is 0 Å². The van der Waals surface area contributed by atoms with Crippen molar-refractivity contribution in [2.24, 2.45) is 0 Å². The molecule has 13 rings (SSSR count). The topological polar surface area (TPSA) is 27.9 Å². The lowest BCUT2D eigenvalue weighted by atomic mass is 10.0. The fourth-order valence-electron chi connectivity index (χ4n) is 9.76. The van der Waals surface area contributed by atoms with E-state index >= 15 is 0 Å². The van der Waals surface area contributed by atoms with E-state index in [1.807, 2.05) is 0 Å². The SMILES string of the molecule is c1ccc(-n2c3ccccc3c3c4oc5c(ccc6c5c5ccccc5n6-c5ccc(-c6cccc(-n7c8ccccc8c8ccccc87)c6)cc5)c4ccc32)cc1. The molecule has 0 N–H and O–H groups in total. The first-order valence-electron chi connectivity index (χ1n) is 19.9. The van der Waals surface area contributed by atoms with Crippen LogP contribution in [0.5, 0.6) is 0 Å². The van der Waals surface area contributed by atoms with Crippen LogP contribution in [0.3, 0.4) is 0 Å². The normalized spacial score (nSPS) is 12.1. The number of hydrogen-bond donors (Lipinski definition) is 0. The third-order valence-corrected chi connectivity index (χ3v) is 12.2. The molecule has 0 bridgehead atoms. The highest BCUT2D eigenvalue weighted by Gasteiger charge is 2.22. The summed E-state index contributed by atoms with van der Waals surface area (Å²) in [5.74, 6) is 0. The zero-order valence-corrected chi connectivity index (χ0v) is 31.3. The summed E-state index contributed by atoms with van der Waals surface area (Å²) in [5.41, 5.74) is 14.6. The average molecular weight is 740 g/mol. The van der Waals surface area contributed by atoms with E-state index in [1.54, 1.807) is 0 Å². The van der Waals surface area contributed by atoms with E-state index < -0.39 is 0 Å². The molecule has 0 aliphatic rings. The highest BCUT2D eigenvalue weighted by Crippen LogP contribution is 2.45. The Morgan fingerprint density at radius 2 is 0.690 bits per heavy atom. The molecule has 0 aliphatic carbocycles. The van der Waals surface area contributed by atoms with Crippen LogP contribution in [-0.2, 0) is 0 Å². The maximum absolute atomic E-state index is 7.14. The first-order chi connectivity index (χ1) is 28.8. The van der Waals surface area contributed by atoms with Gasteiger partial charge in [0.1, 0.15) is 11.2 Å². The van der Waals surface area contributed by atoms with Gasteiger partial charge in [-0.15, -0.1) is 0 Å². The molecule has 0 fully saturated rings. The van der Waals surface area contributed by atoms with Crippen molar-refractivity contribution in [3.05, 3.63) is 200 Å². The van der Waals surface area contributed by atoms with Gasteiger partial charge in [-0.25, -0.2) is 0 Å². The fourth-order valence-corrected chi connectivity index (χ4v) is 9.76. The van der Waals surface area contributed by atoms with Crippen LogP contribution >= 0.6 is 0 Å². The van der Waals surface area contributed by atoms with Gasteiger partial charge < -0.3 is 18.1 Å². The minimum atomic E-state index is 0.921. The van der Waals surface area contributed by atoms with Crippen molar-refractivity contribution < 1.29 is 4.42 Å². The molecule has 270 valence electrons. The minimum Gasteiger partial charge on any atom is -0.455 e. The molecular weight excluding hydrogens is 707 g/mol. The second kappa shape index (κ2) is 11.8. The molecule has 58 heavy (non-hydrogen) atoms. The highest BCUT2D eigenvalue weighted by molar-refractivity contribution is 6.29. The van der Waals surface area contributed by atoms with E-state index in [2.05, 4.69) is 214 Å². The minimum absolute atomic E-state index is 0.921. The van der Waals surface area contributed by atoms with Crippen LogP contribution < -0.4 is 0 Å². The van der Waals surface area contributed by atoms with Crippen LogP contribution in [0.2, 0.25) is 0 Å². The quantitative estimate of drug-likeness (QED) is 0.177.